The molecule has 0 aliphatic heterocycles. The highest BCUT2D eigenvalue weighted by molar-refractivity contribution is 7.53. The Bertz CT molecular complexity index is 551. The second-order valence-electron chi connectivity index (χ2n) is 10.4. The minimum absolute atomic E-state index is 0.0567. The van der Waals surface area contributed by atoms with Gasteiger partial charge in [0.15, 0.2) is 0 Å². The number of likely N-dealkylation sites (N-methyl/N-ethyl adjacent to an activating group) is 1. The molecule has 0 aliphatic carbocycles. The van der Waals surface area contributed by atoms with Crippen LogP contribution in [0.3, 0.4) is 0 Å². The van der Waals surface area contributed by atoms with Gasteiger partial charge in [-0.15, -0.1) is 0 Å². The lowest BCUT2D eigenvalue weighted by atomic mass is 10.0. The van der Waals surface area contributed by atoms with Gasteiger partial charge in [-0.2, -0.15) is 0 Å². The number of hydrogen-bond donors (Lipinski definition) is 3. The Morgan fingerprint density at radius 2 is 1.06 bits per heavy atom. The van der Waals surface area contributed by atoms with Crippen molar-refractivity contribution in [2.45, 2.75) is 115 Å². The van der Waals surface area contributed by atoms with Crippen LogP contribution in [0.25, 0.3) is 0 Å². The lowest BCUT2D eigenvalue weighted by molar-refractivity contribution is -0.875. The first-order valence-corrected chi connectivity index (χ1v) is 14.5. The minimum Gasteiger partial charge on any atom is -0.373 e. The van der Waals surface area contributed by atoms with E-state index in [1.807, 2.05) is 21.1 Å². The van der Waals surface area contributed by atoms with E-state index in [2.05, 4.69) is 31.2 Å². The van der Waals surface area contributed by atoms with Crippen molar-refractivity contribution in [2.24, 2.45) is 0 Å². The number of rotatable bonds is 21. The molecule has 1 unspecified atom stereocenters. The van der Waals surface area contributed by atoms with Crippen molar-refractivity contribution >= 4 is 7.60 Å². The van der Waals surface area contributed by atoms with Crippen molar-refractivity contribution in [3.63, 3.8) is 0 Å². The molecule has 0 fully saturated rings. The smallest absolute Gasteiger partial charge is 0.362 e. The molecule has 0 aromatic carbocycles. The number of hydrogen-bond acceptors (Lipinski definition) is 2. The zero-order valence-electron chi connectivity index (χ0n) is 21.5. The lowest BCUT2D eigenvalue weighted by Gasteiger charge is -2.35. The number of quaternary nitrogens is 1. The van der Waals surface area contributed by atoms with Crippen LogP contribution in [0, 0.1) is 0 Å². The molecule has 0 bridgehead atoms. The molecule has 0 radical (unpaired) electrons. The van der Waals surface area contributed by atoms with Crippen LogP contribution in [0.4, 0.5) is 0 Å². The van der Waals surface area contributed by atoms with Crippen molar-refractivity contribution in [1.82, 2.24) is 0 Å². The van der Waals surface area contributed by atoms with Crippen molar-refractivity contribution in [2.75, 3.05) is 27.7 Å². The fourth-order valence-corrected chi connectivity index (χ4v) is 5.03. The largest absolute Gasteiger partial charge is 0.373 e. The van der Waals surface area contributed by atoms with Gasteiger partial charge in [0.1, 0.15) is 6.54 Å². The van der Waals surface area contributed by atoms with E-state index in [1.165, 1.54) is 70.6 Å². The number of nitrogens with zero attached hydrogens (tertiary/aromatic N) is 1. The summed E-state index contributed by atoms with van der Waals surface area (Å²) >= 11 is 0. The van der Waals surface area contributed by atoms with E-state index in [0.29, 0.717) is 10.9 Å². The van der Waals surface area contributed by atoms with Crippen molar-refractivity contribution in [3.05, 3.63) is 24.3 Å². The third-order valence-electron chi connectivity index (χ3n) is 5.75. The second-order valence-corrected chi connectivity index (χ2v) is 12.3. The van der Waals surface area contributed by atoms with Crippen LogP contribution < -0.4 is 0 Å². The van der Waals surface area contributed by atoms with Gasteiger partial charge in [-0.3, -0.25) is 4.57 Å². The van der Waals surface area contributed by atoms with Gasteiger partial charge in [0.2, 0.25) is 5.34 Å². The highest BCUT2D eigenvalue weighted by Gasteiger charge is 2.48. The number of aliphatic hydroxyl groups is 1. The summed E-state index contributed by atoms with van der Waals surface area (Å²) in [7, 11) is 0.965. The van der Waals surface area contributed by atoms with Crippen LogP contribution in [0.5, 0.6) is 0 Å². The maximum Gasteiger partial charge on any atom is 0.362 e. The van der Waals surface area contributed by atoms with E-state index in [4.69, 9.17) is 0 Å². The third-order valence-corrected chi connectivity index (χ3v) is 7.20. The number of allylic oxidation sites excluding steroid dienone is 4. The SMILES string of the molecule is CCC/C=C\CCCCC/C=C\CCCCCCCCCC(O)(C[N+](C)(C)C)P(=O)(O)O. The van der Waals surface area contributed by atoms with E-state index >= 15 is 0 Å². The molecule has 0 aliphatic rings. The quantitative estimate of drug-likeness (QED) is 0.0729. The van der Waals surface area contributed by atoms with Crippen molar-refractivity contribution in [1.29, 1.82) is 0 Å². The van der Waals surface area contributed by atoms with Crippen LogP contribution in [-0.2, 0) is 4.57 Å². The Morgan fingerprint density at radius 1 is 0.688 bits per heavy atom. The average Bonchev–Trinajstić information content (AvgIpc) is 2.67. The van der Waals surface area contributed by atoms with Gasteiger partial charge in [0.25, 0.3) is 0 Å². The molecule has 0 rings (SSSR count). The predicted molar refractivity (Wildman–Crippen MR) is 138 cm³/mol. The van der Waals surface area contributed by atoms with Crippen LogP contribution in [0.2, 0.25) is 0 Å². The lowest BCUT2D eigenvalue weighted by Crippen LogP contribution is -2.49. The summed E-state index contributed by atoms with van der Waals surface area (Å²) in [6, 6.07) is 0. The molecule has 0 saturated carbocycles. The highest BCUT2D eigenvalue weighted by Crippen LogP contribution is 2.52. The van der Waals surface area contributed by atoms with Gasteiger partial charge in [0, 0.05) is 0 Å². The first-order chi connectivity index (χ1) is 15.0. The zero-order chi connectivity index (χ0) is 24.3. The van der Waals surface area contributed by atoms with Gasteiger partial charge in [-0.1, -0.05) is 76.2 Å². The Balaban J connectivity index is 3.64. The molecular formula is C26H53NO4P+. The second kappa shape index (κ2) is 18.0. The fraction of sp³-hybridized carbons (Fsp3) is 0.846. The van der Waals surface area contributed by atoms with Gasteiger partial charge < -0.3 is 19.4 Å². The summed E-state index contributed by atoms with van der Waals surface area (Å²) in [5.74, 6) is 0. The van der Waals surface area contributed by atoms with Crippen molar-refractivity contribution in [3.8, 4) is 0 Å². The van der Waals surface area contributed by atoms with E-state index in [-0.39, 0.29) is 13.0 Å². The number of unbranched alkanes of at least 4 members (excludes halogenated alkanes) is 12. The molecule has 32 heavy (non-hydrogen) atoms. The molecule has 190 valence electrons. The Labute approximate surface area is 198 Å². The molecule has 3 N–H and O–H groups in total. The van der Waals surface area contributed by atoms with Crippen LogP contribution in [0.15, 0.2) is 24.3 Å². The molecule has 0 spiro atoms. The van der Waals surface area contributed by atoms with Crippen molar-refractivity contribution < 1.29 is 23.9 Å². The fourth-order valence-electron chi connectivity index (χ4n) is 3.97. The summed E-state index contributed by atoms with van der Waals surface area (Å²) in [5.41, 5.74) is 0. The molecule has 0 heterocycles. The zero-order valence-corrected chi connectivity index (χ0v) is 22.4. The predicted octanol–water partition coefficient (Wildman–Crippen LogP) is 6.93. The Morgan fingerprint density at radius 3 is 1.47 bits per heavy atom. The molecule has 6 heteroatoms. The normalized spacial score (nSPS) is 15.1. The topological polar surface area (TPSA) is 77.8 Å². The van der Waals surface area contributed by atoms with E-state index in [1.54, 1.807) is 0 Å². The standard InChI is InChI=1S/C26H52NO4P/c1-5-6-7-8-9-10-11-12-13-14-15-16-17-18-19-20-21-22-23-24-26(28,32(29,30)31)25-27(2,3)4/h7-8,14-15,28H,5-6,9-13,16-25H2,1-4H3,(H-,29,30,31)/p+1/b8-7-,15-14-. The average molecular weight is 475 g/mol. The van der Waals surface area contributed by atoms with Crippen LogP contribution in [-0.4, -0.2) is 52.4 Å². The maximum atomic E-state index is 11.8. The summed E-state index contributed by atoms with van der Waals surface area (Å²) in [4.78, 5) is 19.2. The summed E-state index contributed by atoms with van der Waals surface area (Å²) < 4.78 is 12.1. The molecular weight excluding hydrogens is 421 g/mol. The minimum atomic E-state index is -4.55. The first-order valence-electron chi connectivity index (χ1n) is 12.9. The van der Waals surface area contributed by atoms with E-state index in [0.717, 1.165) is 19.3 Å². The van der Waals surface area contributed by atoms with Crippen LogP contribution >= 0.6 is 7.60 Å². The van der Waals surface area contributed by atoms with E-state index < -0.39 is 12.9 Å². The molecule has 0 aromatic heterocycles. The molecule has 1 atom stereocenters. The van der Waals surface area contributed by atoms with E-state index in [9.17, 15) is 19.5 Å². The maximum absolute atomic E-state index is 11.8. The van der Waals surface area contributed by atoms with Gasteiger partial charge >= 0.3 is 7.60 Å². The monoisotopic (exact) mass is 474 g/mol. The van der Waals surface area contributed by atoms with Gasteiger partial charge in [0.05, 0.1) is 21.1 Å². The van der Waals surface area contributed by atoms with Gasteiger partial charge in [-0.25, -0.2) is 0 Å². The van der Waals surface area contributed by atoms with Crippen LogP contribution in [0.1, 0.15) is 110 Å². The molecule has 0 saturated heterocycles. The first kappa shape index (κ1) is 31.6. The highest BCUT2D eigenvalue weighted by atomic mass is 31.2. The summed E-state index contributed by atoms with van der Waals surface area (Å²) in [6.07, 6.45) is 26.9. The summed E-state index contributed by atoms with van der Waals surface area (Å²) in [6.45, 7) is 2.27. The Kier molecular flexibility index (Phi) is 17.7. The molecule has 0 aromatic rings. The Hall–Kier alpha value is -0.450. The molecule has 0 amide bonds. The third kappa shape index (κ3) is 18.0. The summed E-state index contributed by atoms with van der Waals surface area (Å²) in [5, 5.41) is 8.63. The molecule has 5 nitrogen and oxygen atoms in total. The van der Waals surface area contributed by atoms with Gasteiger partial charge in [-0.05, 0) is 57.8 Å².